The van der Waals surface area contributed by atoms with Crippen LogP contribution in [0.3, 0.4) is 0 Å². The van der Waals surface area contributed by atoms with E-state index in [2.05, 4.69) is 49.0 Å². The molecule has 0 radical (unpaired) electrons. The van der Waals surface area contributed by atoms with E-state index in [1.165, 1.54) is 12.8 Å². The van der Waals surface area contributed by atoms with Gasteiger partial charge in [-0.25, -0.2) is 0 Å². The van der Waals surface area contributed by atoms with Gasteiger partial charge in [-0.15, -0.1) is 5.10 Å². The molecule has 2 aromatic rings. The fraction of sp³-hybridized carbons (Fsp3) is 0.412. The highest BCUT2D eigenvalue weighted by molar-refractivity contribution is 9.10. The molecule has 1 fully saturated rings. The maximum atomic E-state index is 6.33. The molecule has 0 spiro atoms. The summed E-state index contributed by atoms with van der Waals surface area (Å²) in [7, 11) is 2.14. The van der Waals surface area contributed by atoms with E-state index in [-0.39, 0.29) is 0 Å². The van der Waals surface area contributed by atoms with Crippen LogP contribution < -0.4 is 4.90 Å². The molecule has 4 nitrogen and oxygen atoms in total. The van der Waals surface area contributed by atoms with Gasteiger partial charge in [0.25, 0.3) is 0 Å². The first kappa shape index (κ1) is 16.7. The molecule has 0 N–H and O–H groups in total. The summed E-state index contributed by atoms with van der Waals surface area (Å²) in [6, 6.07) is 10.5. The van der Waals surface area contributed by atoms with Crippen LogP contribution in [0.25, 0.3) is 0 Å². The average Bonchev–Trinajstić information content (AvgIpc) is 2.99. The van der Waals surface area contributed by atoms with Gasteiger partial charge >= 0.3 is 0 Å². The van der Waals surface area contributed by atoms with Gasteiger partial charge in [-0.3, -0.25) is 0 Å². The Morgan fingerprint density at radius 2 is 2.26 bits per heavy atom. The zero-order valence-electron chi connectivity index (χ0n) is 13.1. The molecule has 1 atom stereocenters. The first-order chi connectivity index (χ1) is 11.1. The minimum Gasteiger partial charge on any atom is -0.351 e. The predicted octanol–water partition coefficient (Wildman–Crippen LogP) is 3.99. The molecule has 0 saturated carbocycles. The Morgan fingerprint density at radius 1 is 1.39 bits per heavy atom. The van der Waals surface area contributed by atoms with E-state index in [1.54, 1.807) is 6.20 Å². The van der Waals surface area contributed by atoms with Crippen LogP contribution >= 0.6 is 27.5 Å². The molecular formula is C17H20BrClN4. The lowest BCUT2D eigenvalue weighted by atomic mass is 10.1. The maximum Gasteiger partial charge on any atom is 0.151 e. The van der Waals surface area contributed by atoms with Crippen molar-refractivity contribution in [3.05, 3.63) is 51.6 Å². The first-order valence-electron chi connectivity index (χ1n) is 7.80. The Balaban J connectivity index is 1.64. The van der Waals surface area contributed by atoms with Gasteiger partial charge in [0.2, 0.25) is 0 Å². The van der Waals surface area contributed by atoms with Gasteiger partial charge in [-0.05, 0) is 49.7 Å². The van der Waals surface area contributed by atoms with Gasteiger partial charge in [0.05, 0.1) is 0 Å². The van der Waals surface area contributed by atoms with Gasteiger partial charge in [-0.1, -0.05) is 33.6 Å². The number of rotatable bonds is 5. The third kappa shape index (κ3) is 4.22. The summed E-state index contributed by atoms with van der Waals surface area (Å²) in [6.07, 6.45) is 4.11. The topological polar surface area (TPSA) is 32.3 Å². The van der Waals surface area contributed by atoms with Crippen molar-refractivity contribution in [1.82, 2.24) is 15.1 Å². The van der Waals surface area contributed by atoms with Crippen molar-refractivity contribution < 1.29 is 0 Å². The zero-order valence-corrected chi connectivity index (χ0v) is 15.5. The molecule has 6 heteroatoms. The van der Waals surface area contributed by atoms with Crippen molar-refractivity contribution in [2.45, 2.75) is 25.4 Å². The zero-order chi connectivity index (χ0) is 16.2. The maximum absolute atomic E-state index is 6.33. The minimum atomic E-state index is 0.478. The standard InChI is InChI=1S/C17H20BrClN4/c1-22(11-13-6-7-14(18)10-16(13)19)12-15-4-3-9-23(15)17-5-2-8-20-21-17/h2,5-8,10,15H,3-4,9,11-12H2,1H3. The Labute approximate surface area is 150 Å². The van der Waals surface area contributed by atoms with Crippen LogP contribution in [0.15, 0.2) is 41.0 Å². The summed E-state index contributed by atoms with van der Waals surface area (Å²) in [5.74, 6) is 0.977. The molecule has 0 aliphatic carbocycles. The molecule has 1 aromatic carbocycles. The number of anilines is 1. The van der Waals surface area contributed by atoms with Gasteiger partial charge < -0.3 is 9.80 Å². The normalized spacial score (nSPS) is 17.9. The molecular weight excluding hydrogens is 376 g/mol. The number of halogens is 2. The molecule has 1 aliphatic heterocycles. The summed E-state index contributed by atoms with van der Waals surface area (Å²) in [6.45, 7) is 2.89. The lowest BCUT2D eigenvalue weighted by molar-refractivity contribution is 0.303. The molecule has 1 aromatic heterocycles. The molecule has 1 unspecified atom stereocenters. The SMILES string of the molecule is CN(Cc1ccc(Br)cc1Cl)CC1CCCN1c1cccnn1. The van der Waals surface area contributed by atoms with Crippen molar-refractivity contribution >= 4 is 33.3 Å². The van der Waals surface area contributed by atoms with Crippen LogP contribution in [-0.2, 0) is 6.54 Å². The highest BCUT2D eigenvalue weighted by Gasteiger charge is 2.26. The summed E-state index contributed by atoms with van der Waals surface area (Å²) < 4.78 is 1.01. The molecule has 122 valence electrons. The third-order valence-electron chi connectivity index (χ3n) is 4.21. The van der Waals surface area contributed by atoms with Crippen LogP contribution in [0.2, 0.25) is 5.02 Å². The Kier molecular flexibility index (Phi) is 5.51. The average molecular weight is 396 g/mol. The van der Waals surface area contributed by atoms with Crippen molar-refractivity contribution in [2.24, 2.45) is 0 Å². The van der Waals surface area contributed by atoms with Crippen LogP contribution in [0.1, 0.15) is 18.4 Å². The Bertz CT molecular complexity index is 652. The van der Waals surface area contributed by atoms with Crippen molar-refractivity contribution in [2.75, 3.05) is 25.0 Å². The number of benzene rings is 1. The number of aromatic nitrogens is 2. The molecule has 23 heavy (non-hydrogen) atoms. The van der Waals surface area contributed by atoms with E-state index in [1.807, 2.05) is 24.3 Å². The predicted molar refractivity (Wildman–Crippen MR) is 97.9 cm³/mol. The lowest BCUT2D eigenvalue weighted by Crippen LogP contribution is -2.39. The largest absolute Gasteiger partial charge is 0.351 e. The van der Waals surface area contributed by atoms with E-state index >= 15 is 0 Å². The summed E-state index contributed by atoms with van der Waals surface area (Å²) in [5, 5.41) is 9.07. The first-order valence-corrected chi connectivity index (χ1v) is 8.97. The van der Waals surface area contributed by atoms with E-state index in [4.69, 9.17) is 11.6 Å². The van der Waals surface area contributed by atoms with Gasteiger partial charge in [-0.2, -0.15) is 5.10 Å². The fourth-order valence-electron chi connectivity index (χ4n) is 3.14. The molecule has 0 bridgehead atoms. The van der Waals surface area contributed by atoms with Crippen LogP contribution in [-0.4, -0.2) is 41.3 Å². The Hall–Kier alpha value is -1.17. The van der Waals surface area contributed by atoms with E-state index < -0.39 is 0 Å². The molecule has 1 aliphatic rings. The highest BCUT2D eigenvalue weighted by Crippen LogP contribution is 2.25. The number of hydrogen-bond donors (Lipinski definition) is 0. The summed E-state index contributed by atoms with van der Waals surface area (Å²) in [4.78, 5) is 4.70. The minimum absolute atomic E-state index is 0.478. The van der Waals surface area contributed by atoms with Gasteiger partial charge in [0.1, 0.15) is 0 Å². The second-order valence-electron chi connectivity index (χ2n) is 6.00. The molecule has 2 heterocycles. The van der Waals surface area contributed by atoms with Crippen molar-refractivity contribution in [3.8, 4) is 0 Å². The fourth-order valence-corrected chi connectivity index (χ4v) is 3.87. The summed E-state index contributed by atoms with van der Waals surface area (Å²) >= 11 is 9.78. The van der Waals surface area contributed by atoms with Crippen LogP contribution in [0.4, 0.5) is 5.82 Å². The van der Waals surface area contributed by atoms with E-state index in [0.29, 0.717) is 6.04 Å². The smallest absolute Gasteiger partial charge is 0.151 e. The van der Waals surface area contributed by atoms with Gasteiger partial charge in [0, 0.05) is 41.4 Å². The Morgan fingerprint density at radius 3 is 3.00 bits per heavy atom. The lowest BCUT2D eigenvalue weighted by Gasteiger charge is -2.29. The number of likely N-dealkylation sites (N-methyl/N-ethyl adjacent to an activating group) is 1. The number of hydrogen-bond acceptors (Lipinski definition) is 4. The third-order valence-corrected chi connectivity index (χ3v) is 5.05. The molecule has 1 saturated heterocycles. The second-order valence-corrected chi connectivity index (χ2v) is 7.33. The second kappa shape index (κ2) is 7.60. The van der Waals surface area contributed by atoms with Crippen LogP contribution in [0, 0.1) is 0 Å². The number of nitrogens with zero attached hydrogens (tertiary/aromatic N) is 4. The van der Waals surface area contributed by atoms with E-state index in [9.17, 15) is 0 Å². The monoisotopic (exact) mass is 394 g/mol. The van der Waals surface area contributed by atoms with Crippen molar-refractivity contribution in [1.29, 1.82) is 0 Å². The van der Waals surface area contributed by atoms with E-state index in [0.717, 1.165) is 40.5 Å². The molecule has 3 rings (SSSR count). The van der Waals surface area contributed by atoms with Crippen LogP contribution in [0.5, 0.6) is 0 Å². The van der Waals surface area contributed by atoms with Gasteiger partial charge in [0.15, 0.2) is 5.82 Å². The highest BCUT2D eigenvalue weighted by atomic mass is 79.9. The van der Waals surface area contributed by atoms with Crippen molar-refractivity contribution in [3.63, 3.8) is 0 Å². The quantitative estimate of drug-likeness (QED) is 0.766. The summed E-state index contributed by atoms with van der Waals surface area (Å²) in [5.41, 5.74) is 1.15. The molecule has 0 amide bonds.